The monoisotopic (exact) mass is 360 g/mol. The van der Waals surface area contributed by atoms with Gasteiger partial charge in [-0.15, -0.1) is 0 Å². The summed E-state index contributed by atoms with van der Waals surface area (Å²) in [5, 5.41) is 0. The number of primary amides is 1. The van der Waals surface area contributed by atoms with E-state index in [9.17, 15) is 14.4 Å². The van der Waals surface area contributed by atoms with Crippen LogP contribution in [0.2, 0.25) is 0 Å². The van der Waals surface area contributed by atoms with Gasteiger partial charge in [-0.05, 0) is 37.7 Å². The van der Waals surface area contributed by atoms with Crippen molar-refractivity contribution in [3.8, 4) is 0 Å². The summed E-state index contributed by atoms with van der Waals surface area (Å²) >= 11 is 0. The first-order valence-electron chi connectivity index (χ1n) is 9.46. The van der Waals surface area contributed by atoms with E-state index in [2.05, 4.69) is 4.98 Å². The quantitative estimate of drug-likeness (QED) is 0.850. The lowest BCUT2D eigenvalue weighted by Gasteiger charge is -2.35. The molecule has 1 aromatic heterocycles. The largest absolute Gasteiger partial charge is 0.366 e. The molecule has 3 rings (SSSR count). The normalized spacial score (nSPS) is 21.7. The molecule has 2 saturated heterocycles. The highest BCUT2D eigenvalue weighted by atomic mass is 16.2. The van der Waals surface area contributed by atoms with Crippen molar-refractivity contribution < 1.29 is 14.4 Å². The summed E-state index contributed by atoms with van der Waals surface area (Å²) in [5.74, 6) is 0.352. The fourth-order valence-corrected chi connectivity index (χ4v) is 4.20. The zero-order valence-electron chi connectivity index (χ0n) is 15.4. The number of aromatic amines is 1. The minimum atomic E-state index is -0.429. The van der Waals surface area contributed by atoms with Gasteiger partial charge in [0.2, 0.25) is 11.8 Å². The highest BCUT2D eigenvalue weighted by molar-refractivity contribution is 5.94. The van der Waals surface area contributed by atoms with Crippen LogP contribution in [0.15, 0.2) is 12.3 Å². The van der Waals surface area contributed by atoms with Crippen LogP contribution in [-0.2, 0) is 9.59 Å². The van der Waals surface area contributed by atoms with Crippen LogP contribution >= 0.6 is 0 Å². The fraction of sp³-hybridized carbons (Fsp3) is 0.632. The topological polar surface area (TPSA) is 99.5 Å². The number of H-pyrrole nitrogens is 1. The second-order valence-electron chi connectivity index (χ2n) is 7.50. The van der Waals surface area contributed by atoms with Crippen LogP contribution in [0, 0.1) is 5.92 Å². The summed E-state index contributed by atoms with van der Waals surface area (Å²) in [7, 11) is 0. The Kier molecular flexibility index (Phi) is 5.64. The number of hydrogen-bond acceptors (Lipinski definition) is 3. The second-order valence-corrected chi connectivity index (χ2v) is 7.50. The van der Waals surface area contributed by atoms with Crippen molar-refractivity contribution in [2.45, 2.75) is 44.9 Å². The van der Waals surface area contributed by atoms with Gasteiger partial charge in [-0.25, -0.2) is 0 Å². The van der Waals surface area contributed by atoms with Gasteiger partial charge in [-0.2, -0.15) is 0 Å². The second kappa shape index (κ2) is 7.93. The van der Waals surface area contributed by atoms with Gasteiger partial charge in [0.05, 0.1) is 5.56 Å². The minimum absolute atomic E-state index is 0.116. The number of carbonyl (C=O) groups is 3. The van der Waals surface area contributed by atoms with Crippen LogP contribution < -0.4 is 5.73 Å². The Labute approximate surface area is 153 Å². The number of hydrogen-bond donors (Lipinski definition) is 2. The average Bonchev–Trinajstić information content (AvgIpc) is 3.12. The van der Waals surface area contributed by atoms with Gasteiger partial charge in [-0.1, -0.05) is 0 Å². The molecule has 0 spiro atoms. The van der Waals surface area contributed by atoms with Crippen LogP contribution in [-0.4, -0.2) is 58.7 Å². The number of amides is 3. The Morgan fingerprint density at radius 3 is 2.54 bits per heavy atom. The molecular weight excluding hydrogens is 332 g/mol. The molecule has 0 aromatic carbocycles. The van der Waals surface area contributed by atoms with E-state index in [1.54, 1.807) is 19.2 Å². The Morgan fingerprint density at radius 1 is 1.15 bits per heavy atom. The fourth-order valence-electron chi connectivity index (χ4n) is 4.20. The van der Waals surface area contributed by atoms with E-state index in [0.717, 1.165) is 51.0 Å². The highest BCUT2D eigenvalue weighted by Gasteiger charge is 2.30. The van der Waals surface area contributed by atoms with Gasteiger partial charge in [0, 0.05) is 57.3 Å². The molecule has 7 nitrogen and oxygen atoms in total. The van der Waals surface area contributed by atoms with Gasteiger partial charge in [0.15, 0.2) is 0 Å². The number of rotatable bonds is 4. The van der Waals surface area contributed by atoms with Crippen molar-refractivity contribution in [3.63, 3.8) is 0 Å². The van der Waals surface area contributed by atoms with Crippen molar-refractivity contribution in [1.29, 1.82) is 0 Å². The maximum Gasteiger partial charge on any atom is 0.250 e. The SMILES string of the molecule is CC(=O)N1CCC(CC(=O)N2CCCC(c3[nH]ccc3C(N)=O)C2)CC1. The zero-order valence-corrected chi connectivity index (χ0v) is 15.4. The molecule has 1 unspecified atom stereocenters. The number of nitrogens with one attached hydrogen (secondary N) is 1. The van der Waals surface area contributed by atoms with Gasteiger partial charge < -0.3 is 20.5 Å². The van der Waals surface area contributed by atoms with Gasteiger partial charge in [0.1, 0.15) is 0 Å². The van der Waals surface area contributed by atoms with Crippen molar-refractivity contribution in [3.05, 3.63) is 23.5 Å². The van der Waals surface area contributed by atoms with Crippen LogP contribution in [0.1, 0.15) is 61.0 Å². The molecule has 1 aromatic rings. The minimum Gasteiger partial charge on any atom is -0.366 e. The number of likely N-dealkylation sites (tertiary alicyclic amines) is 2. The molecule has 3 N–H and O–H groups in total. The first-order chi connectivity index (χ1) is 12.5. The lowest BCUT2D eigenvalue weighted by molar-refractivity contribution is -0.134. The molecule has 0 aliphatic carbocycles. The first kappa shape index (κ1) is 18.5. The standard InChI is InChI=1S/C19H28N4O3/c1-13(24)22-9-5-14(6-10-22)11-17(25)23-8-2-3-15(12-23)18-16(19(20)26)4-7-21-18/h4,7,14-15,21H,2-3,5-6,8-12H2,1H3,(H2,20,26). The van der Waals surface area contributed by atoms with E-state index in [1.807, 2.05) is 9.80 Å². The van der Waals surface area contributed by atoms with Crippen molar-refractivity contribution in [1.82, 2.24) is 14.8 Å². The summed E-state index contributed by atoms with van der Waals surface area (Å²) in [5.41, 5.74) is 6.83. The predicted octanol–water partition coefficient (Wildman–Crippen LogP) is 1.47. The Morgan fingerprint density at radius 2 is 1.88 bits per heavy atom. The summed E-state index contributed by atoms with van der Waals surface area (Å²) < 4.78 is 0. The van der Waals surface area contributed by atoms with Gasteiger partial charge >= 0.3 is 0 Å². The summed E-state index contributed by atoms with van der Waals surface area (Å²) in [6.07, 6.45) is 5.94. The zero-order chi connectivity index (χ0) is 18.7. The lowest BCUT2D eigenvalue weighted by Crippen LogP contribution is -2.42. The molecule has 2 aliphatic heterocycles. The predicted molar refractivity (Wildman–Crippen MR) is 97.5 cm³/mol. The van der Waals surface area contributed by atoms with E-state index < -0.39 is 5.91 Å². The van der Waals surface area contributed by atoms with Gasteiger partial charge in [-0.3, -0.25) is 14.4 Å². The van der Waals surface area contributed by atoms with Crippen LogP contribution in [0.25, 0.3) is 0 Å². The third-order valence-corrected chi connectivity index (χ3v) is 5.75. The molecule has 0 radical (unpaired) electrons. The maximum absolute atomic E-state index is 12.8. The molecule has 1 atom stereocenters. The Hall–Kier alpha value is -2.31. The molecule has 2 aliphatic rings. The third kappa shape index (κ3) is 4.08. The summed E-state index contributed by atoms with van der Waals surface area (Å²) in [4.78, 5) is 42.7. The highest BCUT2D eigenvalue weighted by Crippen LogP contribution is 2.29. The molecule has 26 heavy (non-hydrogen) atoms. The molecule has 142 valence electrons. The number of aromatic nitrogens is 1. The number of nitrogens with zero attached hydrogens (tertiary/aromatic N) is 2. The van der Waals surface area contributed by atoms with Gasteiger partial charge in [0.25, 0.3) is 5.91 Å². The maximum atomic E-state index is 12.8. The molecule has 7 heteroatoms. The molecule has 3 amide bonds. The molecular formula is C19H28N4O3. The van der Waals surface area contributed by atoms with Crippen molar-refractivity contribution in [2.24, 2.45) is 11.7 Å². The van der Waals surface area contributed by atoms with Crippen molar-refractivity contribution >= 4 is 17.7 Å². The van der Waals surface area contributed by atoms with Crippen LogP contribution in [0.5, 0.6) is 0 Å². The molecule has 0 saturated carbocycles. The van der Waals surface area contributed by atoms with Crippen molar-refractivity contribution in [2.75, 3.05) is 26.2 Å². The Bertz CT molecular complexity index is 676. The van der Waals surface area contributed by atoms with Crippen LogP contribution in [0.4, 0.5) is 0 Å². The van der Waals surface area contributed by atoms with E-state index in [0.29, 0.717) is 24.4 Å². The third-order valence-electron chi connectivity index (χ3n) is 5.75. The van der Waals surface area contributed by atoms with Crippen LogP contribution in [0.3, 0.4) is 0 Å². The number of carbonyl (C=O) groups excluding carboxylic acids is 3. The lowest BCUT2D eigenvalue weighted by atomic mass is 9.90. The van der Waals surface area contributed by atoms with E-state index in [-0.39, 0.29) is 17.7 Å². The first-order valence-corrected chi connectivity index (χ1v) is 9.46. The molecule has 3 heterocycles. The summed E-state index contributed by atoms with van der Waals surface area (Å²) in [6.45, 7) is 4.50. The number of nitrogens with two attached hydrogens (primary N) is 1. The molecule has 2 fully saturated rings. The van der Waals surface area contributed by atoms with E-state index in [1.165, 1.54) is 0 Å². The molecule has 0 bridgehead atoms. The Balaban J connectivity index is 1.56. The smallest absolute Gasteiger partial charge is 0.250 e. The van der Waals surface area contributed by atoms with E-state index in [4.69, 9.17) is 5.73 Å². The number of piperidine rings is 2. The van der Waals surface area contributed by atoms with E-state index >= 15 is 0 Å². The summed E-state index contributed by atoms with van der Waals surface area (Å²) in [6, 6.07) is 1.71. The average molecular weight is 360 g/mol.